The van der Waals surface area contributed by atoms with E-state index in [2.05, 4.69) is 33.5 Å². The van der Waals surface area contributed by atoms with Crippen LogP contribution >= 0.6 is 0 Å². The van der Waals surface area contributed by atoms with Gasteiger partial charge in [0.1, 0.15) is 0 Å². The third kappa shape index (κ3) is 3.80. The molecule has 3 N–H and O–H groups in total. The molecule has 1 aliphatic rings. The minimum absolute atomic E-state index is 0.111. The Balaban J connectivity index is 1.58. The molecule has 33 heavy (non-hydrogen) atoms. The molecule has 1 aliphatic carbocycles. The predicted molar refractivity (Wildman–Crippen MR) is 130 cm³/mol. The summed E-state index contributed by atoms with van der Waals surface area (Å²) in [5.41, 5.74) is 6.99. The first kappa shape index (κ1) is 20.7. The SMILES string of the molecule is Cc1cc(C)c(CNC(=O)c2cc(-c3cccc4c3CC=C4)cc3[nH]c(=O)ccc23)c(=O)[nH]1. The average molecular weight is 437 g/mol. The lowest BCUT2D eigenvalue weighted by Gasteiger charge is -2.14. The fourth-order valence-corrected chi connectivity index (χ4v) is 4.54. The maximum absolute atomic E-state index is 13.3. The minimum Gasteiger partial charge on any atom is -0.348 e. The number of nitrogens with one attached hydrogen (secondary N) is 3. The molecule has 0 unspecified atom stereocenters. The quantitative estimate of drug-likeness (QED) is 0.450. The van der Waals surface area contributed by atoms with Crippen LogP contribution in [0.1, 0.15) is 38.3 Å². The molecule has 0 aliphatic heterocycles. The predicted octanol–water partition coefficient (Wildman–Crippen LogP) is 4.00. The Kier molecular flexibility index (Phi) is 5.05. The summed E-state index contributed by atoms with van der Waals surface area (Å²) in [6.07, 6.45) is 5.04. The van der Waals surface area contributed by atoms with Crippen LogP contribution in [-0.2, 0) is 13.0 Å². The minimum atomic E-state index is -0.307. The normalized spacial score (nSPS) is 12.2. The topological polar surface area (TPSA) is 94.8 Å². The summed E-state index contributed by atoms with van der Waals surface area (Å²) in [7, 11) is 0. The van der Waals surface area contributed by atoms with E-state index < -0.39 is 0 Å². The molecule has 0 bridgehead atoms. The molecular formula is C27H23N3O3. The zero-order valence-electron chi connectivity index (χ0n) is 18.4. The van der Waals surface area contributed by atoms with Crippen molar-refractivity contribution in [2.75, 3.05) is 0 Å². The van der Waals surface area contributed by atoms with E-state index >= 15 is 0 Å². The molecule has 0 atom stereocenters. The number of fused-ring (bicyclic) bond motifs is 2. The smallest absolute Gasteiger partial charge is 0.253 e. The highest BCUT2D eigenvalue weighted by Gasteiger charge is 2.17. The number of pyridine rings is 2. The van der Waals surface area contributed by atoms with Gasteiger partial charge in [0.15, 0.2) is 0 Å². The van der Waals surface area contributed by atoms with Crippen LogP contribution in [0.5, 0.6) is 0 Å². The van der Waals surface area contributed by atoms with Gasteiger partial charge in [0.25, 0.3) is 11.5 Å². The van der Waals surface area contributed by atoms with E-state index in [0.29, 0.717) is 22.0 Å². The number of benzene rings is 2. The van der Waals surface area contributed by atoms with Gasteiger partial charge >= 0.3 is 0 Å². The number of hydrogen-bond acceptors (Lipinski definition) is 3. The molecule has 2 aromatic heterocycles. The third-order valence-corrected chi connectivity index (χ3v) is 6.15. The van der Waals surface area contributed by atoms with Gasteiger partial charge in [0, 0.05) is 40.3 Å². The zero-order valence-corrected chi connectivity index (χ0v) is 18.4. The van der Waals surface area contributed by atoms with Crippen LogP contribution in [0, 0.1) is 13.8 Å². The Bertz CT molecular complexity index is 1570. The van der Waals surface area contributed by atoms with Gasteiger partial charge in [0.05, 0.1) is 0 Å². The van der Waals surface area contributed by atoms with Gasteiger partial charge in [-0.1, -0.05) is 30.4 Å². The van der Waals surface area contributed by atoms with Gasteiger partial charge in [-0.15, -0.1) is 0 Å². The number of aromatic nitrogens is 2. The second kappa shape index (κ2) is 8.06. The van der Waals surface area contributed by atoms with E-state index in [1.165, 1.54) is 11.6 Å². The monoisotopic (exact) mass is 437 g/mol. The molecule has 164 valence electrons. The number of rotatable bonds is 4. The first-order chi connectivity index (χ1) is 15.9. The number of aryl methyl sites for hydroxylation is 2. The summed E-state index contributed by atoms with van der Waals surface area (Å²) in [5.74, 6) is -0.307. The van der Waals surface area contributed by atoms with E-state index in [1.807, 2.05) is 44.2 Å². The maximum atomic E-state index is 13.3. The fourth-order valence-electron chi connectivity index (χ4n) is 4.54. The van der Waals surface area contributed by atoms with Crippen LogP contribution < -0.4 is 16.4 Å². The molecule has 6 heteroatoms. The standard InChI is InChI=1S/C27H23N3O3/c1-15-11-16(2)29-27(33)23(15)14-28-26(32)22-12-18(13-24-21(22)9-10-25(31)30-24)20-8-4-6-17-5-3-7-19(17)20/h3-6,8-13H,7,14H2,1-2H3,(H,28,32)(H,29,33)(H,30,31). The Labute approximate surface area is 190 Å². The first-order valence-electron chi connectivity index (χ1n) is 10.8. The van der Waals surface area contributed by atoms with Crippen molar-refractivity contribution in [3.63, 3.8) is 0 Å². The Morgan fingerprint density at radius 2 is 1.88 bits per heavy atom. The number of carbonyl (C=O) groups excluding carboxylic acids is 1. The van der Waals surface area contributed by atoms with Crippen LogP contribution in [0.25, 0.3) is 28.1 Å². The number of hydrogen-bond donors (Lipinski definition) is 3. The highest BCUT2D eigenvalue weighted by molar-refractivity contribution is 6.08. The second-order valence-corrected chi connectivity index (χ2v) is 8.41. The van der Waals surface area contributed by atoms with Crippen molar-refractivity contribution in [1.29, 1.82) is 0 Å². The van der Waals surface area contributed by atoms with Crippen molar-refractivity contribution in [3.05, 3.63) is 109 Å². The molecule has 0 saturated heterocycles. The highest BCUT2D eigenvalue weighted by Crippen LogP contribution is 2.33. The van der Waals surface area contributed by atoms with Crippen molar-refractivity contribution in [2.45, 2.75) is 26.8 Å². The largest absolute Gasteiger partial charge is 0.348 e. The summed E-state index contributed by atoms with van der Waals surface area (Å²) in [6, 6.07) is 14.8. The number of H-pyrrole nitrogens is 2. The van der Waals surface area contributed by atoms with E-state index in [-0.39, 0.29) is 23.6 Å². The van der Waals surface area contributed by atoms with Crippen molar-refractivity contribution in [3.8, 4) is 11.1 Å². The van der Waals surface area contributed by atoms with Crippen LogP contribution in [0.15, 0.2) is 64.2 Å². The van der Waals surface area contributed by atoms with Crippen LogP contribution in [-0.4, -0.2) is 15.9 Å². The van der Waals surface area contributed by atoms with E-state index in [1.54, 1.807) is 6.07 Å². The van der Waals surface area contributed by atoms with Gasteiger partial charge in [-0.3, -0.25) is 14.4 Å². The van der Waals surface area contributed by atoms with Gasteiger partial charge in [-0.05, 0) is 72.4 Å². The lowest BCUT2D eigenvalue weighted by molar-refractivity contribution is 0.0952. The van der Waals surface area contributed by atoms with Crippen LogP contribution in [0.4, 0.5) is 0 Å². The maximum Gasteiger partial charge on any atom is 0.253 e. The summed E-state index contributed by atoms with van der Waals surface area (Å²) < 4.78 is 0. The molecular weight excluding hydrogens is 414 g/mol. The van der Waals surface area contributed by atoms with Crippen LogP contribution in [0.2, 0.25) is 0 Å². The summed E-state index contributed by atoms with van der Waals surface area (Å²) >= 11 is 0. The van der Waals surface area contributed by atoms with Gasteiger partial charge in [-0.25, -0.2) is 0 Å². The number of amides is 1. The first-order valence-corrected chi connectivity index (χ1v) is 10.8. The summed E-state index contributed by atoms with van der Waals surface area (Å²) in [4.78, 5) is 43.3. The highest BCUT2D eigenvalue weighted by atomic mass is 16.2. The molecule has 1 amide bonds. The third-order valence-electron chi connectivity index (χ3n) is 6.15. The molecule has 2 heterocycles. The summed E-state index contributed by atoms with van der Waals surface area (Å²) in [6.45, 7) is 3.79. The average Bonchev–Trinajstić information content (AvgIpc) is 3.26. The molecule has 5 rings (SSSR count). The van der Waals surface area contributed by atoms with Gasteiger partial charge in [0.2, 0.25) is 5.56 Å². The lowest BCUT2D eigenvalue weighted by atomic mass is 9.93. The van der Waals surface area contributed by atoms with E-state index in [0.717, 1.165) is 34.4 Å². The van der Waals surface area contributed by atoms with E-state index in [9.17, 15) is 14.4 Å². The number of allylic oxidation sites excluding steroid dienone is 1. The molecule has 6 nitrogen and oxygen atoms in total. The second-order valence-electron chi connectivity index (χ2n) is 8.41. The van der Waals surface area contributed by atoms with E-state index in [4.69, 9.17) is 0 Å². The van der Waals surface area contributed by atoms with Crippen molar-refractivity contribution in [1.82, 2.24) is 15.3 Å². The number of aromatic amines is 2. The molecule has 0 saturated carbocycles. The van der Waals surface area contributed by atoms with Gasteiger partial charge in [-0.2, -0.15) is 0 Å². The lowest BCUT2D eigenvalue weighted by Crippen LogP contribution is -2.28. The molecule has 0 radical (unpaired) electrons. The molecule has 4 aromatic rings. The molecule has 0 spiro atoms. The van der Waals surface area contributed by atoms with Crippen LogP contribution in [0.3, 0.4) is 0 Å². The Morgan fingerprint density at radius 1 is 1.03 bits per heavy atom. The summed E-state index contributed by atoms with van der Waals surface area (Å²) in [5, 5.41) is 3.54. The van der Waals surface area contributed by atoms with Crippen molar-refractivity contribution >= 4 is 22.9 Å². The van der Waals surface area contributed by atoms with Gasteiger partial charge < -0.3 is 15.3 Å². The fraction of sp³-hybridized carbons (Fsp3) is 0.148. The number of carbonyl (C=O) groups is 1. The Hall–Kier alpha value is -4.19. The molecule has 2 aromatic carbocycles. The molecule has 0 fully saturated rings. The van der Waals surface area contributed by atoms with Crippen molar-refractivity contribution < 1.29 is 4.79 Å². The zero-order chi connectivity index (χ0) is 23.1. The Morgan fingerprint density at radius 3 is 2.70 bits per heavy atom. The van der Waals surface area contributed by atoms with Crippen molar-refractivity contribution in [2.24, 2.45) is 0 Å².